The van der Waals surface area contributed by atoms with Crippen LogP contribution in [0.4, 0.5) is 4.79 Å². The van der Waals surface area contributed by atoms with Crippen molar-refractivity contribution in [3.8, 4) is 0 Å². The van der Waals surface area contributed by atoms with Crippen molar-refractivity contribution < 1.29 is 19.5 Å². The SMILES string of the molecule is CNC(=O)NCC1=C(C(=O)O)N2C(=O)C[C@@H]2S1. The number of nitrogens with one attached hydrogen (secondary N) is 2. The van der Waals surface area contributed by atoms with Crippen molar-refractivity contribution in [1.82, 2.24) is 15.5 Å². The number of hydrogen-bond donors (Lipinski definition) is 3. The third-order valence-electron chi connectivity index (χ3n) is 2.53. The van der Waals surface area contributed by atoms with Gasteiger partial charge in [0.2, 0.25) is 5.91 Å². The molecule has 0 bridgehead atoms. The molecule has 2 aliphatic heterocycles. The van der Waals surface area contributed by atoms with Gasteiger partial charge in [-0.3, -0.25) is 9.69 Å². The van der Waals surface area contributed by atoms with E-state index in [9.17, 15) is 14.4 Å². The Hall–Kier alpha value is -1.70. The monoisotopic (exact) mass is 257 g/mol. The summed E-state index contributed by atoms with van der Waals surface area (Å²) in [6, 6.07) is -0.386. The number of carbonyl (C=O) groups excluding carboxylic acids is 2. The predicted octanol–water partition coefficient (Wildman–Crippen LogP) is -0.483. The van der Waals surface area contributed by atoms with Crippen molar-refractivity contribution in [1.29, 1.82) is 0 Å². The molecular weight excluding hydrogens is 246 g/mol. The lowest BCUT2D eigenvalue weighted by molar-refractivity contribution is -0.145. The average molecular weight is 257 g/mol. The molecule has 0 aromatic heterocycles. The maximum atomic E-state index is 11.3. The number of aliphatic carboxylic acids is 1. The number of rotatable bonds is 3. The van der Waals surface area contributed by atoms with Crippen molar-refractivity contribution >= 4 is 29.7 Å². The Morgan fingerprint density at radius 2 is 2.29 bits per heavy atom. The number of amides is 3. The van der Waals surface area contributed by atoms with Crippen LogP contribution in [0, 0.1) is 0 Å². The summed E-state index contributed by atoms with van der Waals surface area (Å²) in [5, 5.41) is 13.8. The fourth-order valence-electron chi connectivity index (χ4n) is 1.70. The molecule has 1 saturated heterocycles. The van der Waals surface area contributed by atoms with Gasteiger partial charge in [-0.05, 0) is 0 Å². The van der Waals surface area contributed by atoms with Gasteiger partial charge in [0.25, 0.3) is 0 Å². The summed E-state index contributed by atoms with van der Waals surface area (Å²) in [6.07, 6.45) is 0.352. The Balaban J connectivity index is 2.12. The molecular formula is C9H11N3O4S. The molecule has 92 valence electrons. The number of carboxylic acids is 1. The van der Waals surface area contributed by atoms with Gasteiger partial charge in [0, 0.05) is 12.0 Å². The van der Waals surface area contributed by atoms with Gasteiger partial charge in [-0.25, -0.2) is 9.59 Å². The van der Waals surface area contributed by atoms with Gasteiger partial charge in [-0.1, -0.05) is 0 Å². The van der Waals surface area contributed by atoms with Crippen molar-refractivity contribution in [3.63, 3.8) is 0 Å². The van der Waals surface area contributed by atoms with Crippen molar-refractivity contribution in [3.05, 3.63) is 10.6 Å². The molecule has 2 rings (SSSR count). The van der Waals surface area contributed by atoms with E-state index >= 15 is 0 Å². The summed E-state index contributed by atoms with van der Waals surface area (Å²) in [4.78, 5) is 35.1. The van der Waals surface area contributed by atoms with Crippen LogP contribution in [-0.2, 0) is 9.59 Å². The zero-order valence-electron chi connectivity index (χ0n) is 9.02. The highest BCUT2D eigenvalue weighted by Gasteiger charge is 2.48. The van der Waals surface area contributed by atoms with E-state index in [0.717, 1.165) is 0 Å². The second-order valence-corrected chi connectivity index (χ2v) is 4.82. The molecule has 0 aromatic carbocycles. The fourth-order valence-corrected chi connectivity index (χ4v) is 3.04. The highest BCUT2D eigenvalue weighted by atomic mass is 32.2. The van der Waals surface area contributed by atoms with Crippen LogP contribution in [0.25, 0.3) is 0 Å². The van der Waals surface area contributed by atoms with Gasteiger partial charge >= 0.3 is 12.0 Å². The Kier molecular flexibility index (Phi) is 2.97. The Labute approximate surface area is 101 Å². The molecule has 0 radical (unpaired) electrons. The lowest BCUT2D eigenvalue weighted by Gasteiger charge is -2.33. The first-order valence-corrected chi connectivity index (χ1v) is 5.83. The minimum atomic E-state index is -1.14. The van der Waals surface area contributed by atoms with Crippen LogP contribution >= 0.6 is 11.8 Å². The molecule has 0 spiro atoms. The van der Waals surface area contributed by atoms with Gasteiger partial charge in [-0.15, -0.1) is 11.8 Å². The summed E-state index contributed by atoms with van der Waals surface area (Å²) in [5.74, 6) is -1.32. The summed E-state index contributed by atoms with van der Waals surface area (Å²) >= 11 is 1.31. The molecule has 3 N–H and O–H groups in total. The number of hydrogen-bond acceptors (Lipinski definition) is 4. The van der Waals surface area contributed by atoms with Crippen LogP contribution in [0.1, 0.15) is 6.42 Å². The van der Waals surface area contributed by atoms with E-state index in [4.69, 9.17) is 5.11 Å². The number of fused-ring (bicyclic) bond motifs is 1. The molecule has 8 heteroatoms. The largest absolute Gasteiger partial charge is 0.477 e. The van der Waals surface area contributed by atoms with E-state index in [-0.39, 0.29) is 29.6 Å². The van der Waals surface area contributed by atoms with Crippen LogP contribution in [0.2, 0.25) is 0 Å². The number of β-lactam (4-membered cyclic amide) rings is 1. The van der Waals surface area contributed by atoms with Crippen LogP contribution < -0.4 is 10.6 Å². The minimum absolute atomic E-state index is 0.00680. The highest BCUT2D eigenvalue weighted by molar-refractivity contribution is 8.04. The molecule has 0 unspecified atom stereocenters. The number of carboxylic acid groups (broad SMARTS) is 1. The second-order valence-electron chi connectivity index (χ2n) is 3.55. The smallest absolute Gasteiger partial charge is 0.353 e. The molecule has 0 aromatic rings. The third-order valence-corrected chi connectivity index (χ3v) is 3.80. The maximum Gasteiger partial charge on any atom is 0.353 e. The van der Waals surface area contributed by atoms with Crippen molar-refractivity contribution in [2.75, 3.05) is 13.6 Å². The summed E-state index contributed by atoms with van der Waals surface area (Å²) in [7, 11) is 1.47. The van der Waals surface area contributed by atoms with E-state index in [2.05, 4.69) is 10.6 Å². The molecule has 2 aliphatic rings. The van der Waals surface area contributed by atoms with E-state index in [0.29, 0.717) is 11.3 Å². The second kappa shape index (κ2) is 4.28. The zero-order valence-corrected chi connectivity index (χ0v) is 9.84. The Morgan fingerprint density at radius 1 is 1.59 bits per heavy atom. The topological polar surface area (TPSA) is 98.7 Å². The van der Waals surface area contributed by atoms with Crippen LogP contribution in [0.5, 0.6) is 0 Å². The number of thioether (sulfide) groups is 1. The van der Waals surface area contributed by atoms with Crippen LogP contribution in [0.15, 0.2) is 10.6 Å². The first-order chi connectivity index (χ1) is 8.04. The molecule has 1 atom stereocenters. The van der Waals surface area contributed by atoms with Crippen molar-refractivity contribution in [2.45, 2.75) is 11.8 Å². The molecule has 3 amide bonds. The first kappa shape index (κ1) is 11.8. The molecule has 17 heavy (non-hydrogen) atoms. The molecule has 0 saturated carbocycles. The van der Waals surface area contributed by atoms with Crippen molar-refractivity contribution in [2.24, 2.45) is 0 Å². The minimum Gasteiger partial charge on any atom is -0.477 e. The summed E-state index contributed by atoms with van der Waals surface area (Å²) < 4.78 is 0. The summed E-state index contributed by atoms with van der Waals surface area (Å²) in [6.45, 7) is 0.117. The number of urea groups is 1. The van der Waals surface area contributed by atoms with Gasteiger partial charge in [-0.2, -0.15) is 0 Å². The molecule has 1 fully saturated rings. The molecule has 0 aliphatic carbocycles. The number of nitrogens with zero attached hydrogens (tertiary/aromatic N) is 1. The average Bonchev–Trinajstić information content (AvgIpc) is 2.58. The van der Waals surface area contributed by atoms with Gasteiger partial charge in [0.15, 0.2) is 0 Å². The third kappa shape index (κ3) is 1.95. The van der Waals surface area contributed by atoms with Crippen LogP contribution in [0.3, 0.4) is 0 Å². The predicted molar refractivity (Wildman–Crippen MR) is 60.0 cm³/mol. The fraction of sp³-hybridized carbons (Fsp3) is 0.444. The molecule has 7 nitrogen and oxygen atoms in total. The maximum absolute atomic E-state index is 11.3. The van der Waals surface area contributed by atoms with Gasteiger partial charge in [0.1, 0.15) is 5.70 Å². The molecule has 2 heterocycles. The van der Waals surface area contributed by atoms with E-state index in [1.807, 2.05) is 0 Å². The van der Waals surface area contributed by atoms with Crippen LogP contribution in [-0.4, -0.2) is 46.9 Å². The standard InChI is InChI=1S/C9H11N3O4S/c1-10-9(16)11-3-4-7(8(14)15)12-5(13)2-6(12)17-4/h6H,2-3H2,1H3,(H,14,15)(H2,10,11,16)/t6-/m0/s1. The highest BCUT2D eigenvalue weighted by Crippen LogP contribution is 2.45. The van der Waals surface area contributed by atoms with E-state index < -0.39 is 5.97 Å². The van der Waals surface area contributed by atoms with E-state index in [1.54, 1.807) is 0 Å². The first-order valence-electron chi connectivity index (χ1n) is 4.95. The van der Waals surface area contributed by atoms with E-state index in [1.165, 1.54) is 23.7 Å². The lowest BCUT2D eigenvalue weighted by atomic mass is 10.1. The number of carbonyl (C=O) groups is 3. The zero-order chi connectivity index (χ0) is 12.6. The Bertz CT molecular complexity index is 434. The quantitative estimate of drug-likeness (QED) is 0.593. The lowest BCUT2D eigenvalue weighted by Crippen LogP contribution is -2.48. The Morgan fingerprint density at radius 3 is 2.82 bits per heavy atom. The van der Waals surface area contributed by atoms with Gasteiger partial charge in [0.05, 0.1) is 18.3 Å². The van der Waals surface area contributed by atoms with Gasteiger partial charge < -0.3 is 15.7 Å². The normalized spacial score (nSPS) is 22.1. The summed E-state index contributed by atoms with van der Waals surface area (Å²) in [5.41, 5.74) is -0.00680.